The largest absolute Gasteiger partial charge is 2.00 e. The van der Waals surface area contributed by atoms with Gasteiger partial charge in [0.05, 0.1) is 42.4 Å². The summed E-state index contributed by atoms with van der Waals surface area (Å²) in [5, 5.41) is 0. The molecule has 2 aliphatic heterocycles. The van der Waals surface area contributed by atoms with E-state index in [1.165, 1.54) is 48.5 Å². The van der Waals surface area contributed by atoms with E-state index in [4.69, 9.17) is 19.9 Å². The van der Waals surface area contributed by atoms with Gasteiger partial charge < -0.3 is 28.2 Å². The van der Waals surface area contributed by atoms with Crippen LogP contribution >= 0.6 is 0 Å². The van der Waals surface area contributed by atoms with Gasteiger partial charge in [0, 0.05) is 0 Å². The first kappa shape index (κ1) is 59.2. The summed E-state index contributed by atoms with van der Waals surface area (Å²) in [7, 11) is -19.3. The van der Waals surface area contributed by atoms with E-state index in [1.807, 2.05) is 0 Å². The normalized spacial score (nSPS) is 12.1. The molecule has 0 atom stereocenters. The van der Waals surface area contributed by atoms with E-state index in [-0.39, 0.29) is 135 Å². The Kier molecular flexibility index (Phi) is 19.6. The molecule has 9 rings (SSSR count). The van der Waals surface area contributed by atoms with Crippen molar-refractivity contribution in [3.63, 3.8) is 0 Å². The number of hydrogen-bond acceptors (Lipinski definition) is 14. The number of rotatable bonds is 8. The predicted molar refractivity (Wildman–Crippen MR) is 230 cm³/mol. The quantitative estimate of drug-likeness (QED) is 0.101. The van der Waals surface area contributed by atoms with Crippen LogP contribution in [0.15, 0.2) is 141 Å². The Morgan fingerprint density at radius 3 is 0.638 bits per heavy atom. The number of fused-ring (bicyclic) bond motifs is 8. The van der Waals surface area contributed by atoms with Gasteiger partial charge in [0.25, 0.3) is 0 Å². The van der Waals surface area contributed by atoms with Crippen LogP contribution in [0.1, 0.15) is 22.8 Å². The maximum atomic E-state index is 11.9. The van der Waals surface area contributed by atoms with Gasteiger partial charge in [0.15, 0.2) is 0 Å². The summed E-state index contributed by atoms with van der Waals surface area (Å²) < 4.78 is 143. The van der Waals surface area contributed by atoms with E-state index in [0.717, 1.165) is 48.5 Å². The van der Waals surface area contributed by atoms with E-state index < -0.39 is 60.1 Å². The number of nitrogens with zero attached hydrogens (tertiary/aromatic N) is 4. The van der Waals surface area contributed by atoms with Gasteiger partial charge in [-0.2, -0.15) is 0 Å². The number of hydrogen-bond donors (Lipinski definition) is 0. The Hall–Kier alpha value is -2.36. The van der Waals surface area contributed by atoms with Gasteiger partial charge >= 0.3 is 135 Å². The summed E-state index contributed by atoms with van der Waals surface area (Å²) in [5.74, 6) is 0. The van der Waals surface area contributed by atoms with Gasteiger partial charge in [-0.3, -0.25) is 0 Å². The minimum Gasteiger partial charge on any atom is -0.744 e. The molecule has 2 aliphatic rings. The molecule has 0 aliphatic carbocycles. The first-order valence-electron chi connectivity index (χ1n) is 18.5. The molecule has 0 N–H and O–H groups in total. The molecular weight excluding hydrogens is 1050 g/mol. The van der Waals surface area contributed by atoms with Crippen molar-refractivity contribution >= 4 is 86.8 Å². The van der Waals surface area contributed by atoms with Crippen LogP contribution < -0.4 is 128 Å². The maximum Gasteiger partial charge on any atom is 2.00 e. The van der Waals surface area contributed by atoms with E-state index >= 15 is 0 Å². The van der Waals surface area contributed by atoms with Crippen LogP contribution in [0.25, 0.3) is 90.9 Å². The smallest absolute Gasteiger partial charge is 0.744 e. The zero-order chi connectivity index (χ0) is 45.3. The van der Waals surface area contributed by atoms with Crippen LogP contribution in [0.4, 0.5) is 0 Å². The zero-order valence-corrected chi connectivity index (χ0v) is 49.0. The van der Waals surface area contributed by atoms with Gasteiger partial charge in [0.1, 0.15) is 40.5 Å². The molecule has 0 fully saturated rings. The third-order valence-corrected chi connectivity index (χ3v) is 13.7. The molecule has 0 unspecified atom stereocenters. The molecule has 0 amide bonds. The van der Waals surface area contributed by atoms with Crippen molar-refractivity contribution in [2.45, 2.75) is 19.6 Å². The molecule has 1 radical (unpaired) electrons. The summed E-state index contributed by atoms with van der Waals surface area (Å²) in [5.41, 5.74) is 5.63. The molecule has 25 heteroatoms. The van der Waals surface area contributed by atoms with Crippen LogP contribution in [0.5, 0.6) is 0 Å². The molecule has 0 saturated carbocycles. The fraction of sp³-hybridized carbons (Fsp3) is 0. The summed E-state index contributed by atoms with van der Waals surface area (Å²) in [6.07, 6.45) is 6.65. The first-order valence-corrected chi connectivity index (χ1v) is 24.2. The van der Waals surface area contributed by atoms with Crippen LogP contribution in [0, 0.1) is 0 Å². The molecule has 0 saturated heterocycles. The van der Waals surface area contributed by atoms with Crippen LogP contribution in [-0.4, -0.2) is 61.9 Å². The maximum absolute atomic E-state index is 11.9. The average molecular weight is 1080 g/mol. The van der Waals surface area contributed by atoms with Crippen LogP contribution in [-0.2, 0) is 57.5 Å². The van der Waals surface area contributed by atoms with E-state index in [2.05, 4.69) is 0 Å². The SMILES string of the molecule is O=S(=O)([O-])c1ccc(-c2c3nc(c(-c4ccc(S(=O)(=O)[O-])cc4)c4ccc([n-]4)c(-c4ccc(S(=O)(=O)[O-])cc4)c4nc(c(-c5ccc(S(=O)(=O)[O-])cc5)c5ccc2[n-]5)C=C4)C=C3)cc1.[Mn+2].[Na+].[Na+].[Na+].[Na+]. The molecule has 16 nitrogen and oxygen atoms in total. The topological polar surface area (TPSA) is 283 Å². The Morgan fingerprint density at radius 1 is 0.304 bits per heavy atom. The second-order valence-electron chi connectivity index (χ2n) is 14.3. The molecule has 69 heavy (non-hydrogen) atoms. The Morgan fingerprint density at radius 2 is 0.478 bits per heavy atom. The van der Waals surface area contributed by atoms with Crippen molar-refractivity contribution in [1.82, 2.24) is 19.9 Å². The summed E-state index contributed by atoms with van der Waals surface area (Å²) in [6.45, 7) is 0. The monoisotopic (exact) mass is 1070 g/mol. The van der Waals surface area contributed by atoms with E-state index in [1.54, 1.807) is 48.6 Å². The van der Waals surface area contributed by atoms with Crippen molar-refractivity contribution in [1.29, 1.82) is 0 Å². The number of aromatic nitrogens is 4. The zero-order valence-electron chi connectivity index (χ0n) is 36.6. The summed E-state index contributed by atoms with van der Waals surface area (Å²) in [4.78, 5) is 18.0. The molecule has 327 valence electrons. The molecule has 0 spiro atoms. The van der Waals surface area contributed by atoms with Crippen LogP contribution in [0.3, 0.4) is 0 Å². The fourth-order valence-corrected chi connectivity index (χ4v) is 9.30. The minimum absolute atomic E-state index is 0. The van der Waals surface area contributed by atoms with Crippen molar-refractivity contribution in [3.05, 3.63) is 144 Å². The second kappa shape index (κ2) is 22.8. The molecule has 7 aromatic rings. The molecular formula is C44H24MnN4Na4O12S4. The third kappa shape index (κ3) is 12.5. The first-order chi connectivity index (χ1) is 30.2. The minimum atomic E-state index is -4.82. The van der Waals surface area contributed by atoms with E-state index in [0.29, 0.717) is 89.4 Å². The van der Waals surface area contributed by atoms with Gasteiger partial charge in [-0.05, 0) is 117 Å². The molecule has 5 heterocycles. The summed E-state index contributed by atoms with van der Waals surface area (Å²) in [6, 6.07) is 27.2. The average Bonchev–Trinajstić information content (AvgIpc) is 4.08. The van der Waals surface area contributed by atoms with Crippen molar-refractivity contribution in [2.24, 2.45) is 0 Å². The van der Waals surface area contributed by atoms with Crippen molar-refractivity contribution in [2.75, 3.05) is 0 Å². The van der Waals surface area contributed by atoms with Crippen LogP contribution in [0.2, 0.25) is 0 Å². The second-order valence-corrected chi connectivity index (χ2v) is 19.8. The summed E-state index contributed by atoms with van der Waals surface area (Å²) >= 11 is 0. The Balaban J connectivity index is 0.00000207. The molecule has 8 bridgehead atoms. The van der Waals surface area contributed by atoms with Gasteiger partial charge in [-0.25, -0.2) is 43.6 Å². The Bertz CT molecular complexity index is 3330. The van der Waals surface area contributed by atoms with Gasteiger partial charge in [-0.15, -0.1) is 22.1 Å². The third-order valence-electron chi connectivity index (χ3n) is 10.3. The van der Waals surface area contributed by atoms with Gasteiger partial charge in [0.2, 0.25) is 0 Å². The molecule has 4 aromatic carbocycles. The van der Waals surface area contributed by atoms with Crippen molar-refractivity contribution in [3.8, 4) is 44.5 Å². The standard InChI is InChI=1S/C44H28N4O12S4.Mn.4Na/c49-61(50,51)29-9-1-25(2-10-29)41-33-17-19-35(45-33)42(26-3-11-30(12-4-26)62(52,53)54)37-21-23-39(47-37)44(28-7-15-32(16-8-28)64(58,59)60)40-24-22-38(48-40)43(36-20-18-34(41)46-36)27-5-13-31(14-6-27)63(55,56)57;;;;;/h1-24H,(H,49,50,51)(H,52,53,54)(H,55,56,57)(H,58,59,60);;;;;/q-2;+2;4*+1/p-4. The fourth-order valence-electron chi connectivity index (χ4n) is 7.42. The Labute approximate surface area is 495 Å². The van der Waals surface area contributed by atoms with Crippen molar-refractivity contribution < 1.29 is 187 Å². The van der Waals surface area contributed by atoms with Gasteiger partial charge in [-0.1, -0.05) is 72.8 Å². The number of benzene rings is 4. The van der Waals surface area contributed by atoms with E-state index in [9.17, 15) is 51.9 Å². The predicted octanol–water partition coefficient (Wildman–Crippen LogP) is -5.79. The molecule has 3 aromatic heterocycles.